The van der Waals surface area contributed by atoms with Crippen molar-refractivity contribution in [1.29, 1.82) is 0 Å². The molecule has 0 N–H and O–H groups in total. The molecular weight excluding hydrogens is 116 g/mol. The summed E-state index contributed by atoms with van der Waals surface area (Å²) in [5.41, 5.74) is 0. The molecule has 1 saturated heterocycles. The van der Waals surface area contributed by atoms with Gasteiger partial charge in [-0.25, -0.2) is 0 Å². The maximum absolute atomic E-state index is 10.7. The molecule has 1 aliphatic heterocycles. The van der Waals surface area contributed by atoms with Crippen LogP contribution in [0.5, 0.6) is 0 Å². The van der Waals surface area contributed by atoms with E-state index in [9.17, 15) is 4.79 Å². The van der Waals surface area contributed by atoms with E-state index in [2.05, 4.69) is 6.92 Å². The van der Waals surface area contributed by atoms with Crippen LogP contribution in [0.4, 0.5) is 0 Å². The third-order valence-electron chi connectivity index (χ3n) is 1.79. The molecule has 0 amide bonds. The Kier molecular flexibility index (Phi) is 1.86. The van der Waals surface area contributed by atoms with Crippen LogP contribution in [-0.4, -0.2) is 18.5 Å². The van der Waals surface area contributed by atoms with Crippen LogP contribution in [0.25, 0.3) is 0 Å². The highest BCUT2D eigenvalue weighted by Crippen LogP contribution is 2.20. The number of ketones is 1. The van der Waals surface area contributed by atoms with E-state index in [1.165, 1.54) is 0 Å². The second kappa shape index (κ2) is 2.48. The molecule has 2 heteroatoms. The molecule has 2 nitrogen and oxygen atoms in total. The zero-order valence-electron chi connectivity index (χ0n) is 5.89. The van der Waals surface area contributed by atoms with Crippen molar-refractivity contribution in [2.75, 3.05) is 6.61 Å². The molecular formula is C7H12O2. The van der Waals surface area contributed by atoms with Gasteiger partial charge in [0.25, 0.3) is 0 Å². The first kappa shape index (κ1) is 6.75. The lowest BCUT2D eigenvalue weighted by Crippen LogP contribution is -2.21. The lowest BCUT2D eigenvalue weighted by Gasteiger charge is -2.08. The molecule has 0 aromatic carbocycles. The van der Waals surface area contributed by atoms with Crippen molar-refractivity contribution in [3.8, 4) is 0 Å². The topological polar surface area (TPSA) is 26.3 Å². The van der Waals surface area contributed by atoms with Crippen molar-refractivity contribution >= 4 is 5.78 Å². The Morgan fingerprint density at radius 2 is 2.33 bits per heavy atom. The predicted octanol–water partition coefficient (Wildman–Crippen LogP) is 1.00. The zero-order chi connectivity index (χ0) is 6.85. The molecule has 0 bridgehead atoms. The van der Waals surface area contributed by atoms with E-state index in [-0.39, 0.29) is 11.9 Å². The Hall–Kier alpha value is -0.370. The summed E-state index contributed by atoms with van der Waals surface area (Å²) < 4.78 is 5.18. The van der Waals surface area contributed by atoms with Crippen molar-refractivity contribution in [3.63, 3.8) is 0 Å². The van der Waals surface area contributed by atoms with E-state index >= 15 is 0 Å². The Morgan fingerprint density at radius 3 is 2.56 bits per heavy atom. The van der Waals surface area contributed by atoms with E-state index in [0.717, 1.165) is 13.0 Å². The number of carbonyl (C=O) groups excluding carboxylic acids is 1. The fraction of sp³-hybridized carbons (Fsp3) is 0.857. The molecule has 52 valence electrons. The van der Waals surface area contributed by atoms with Crippen molar-refractivity contribution in [3.05, 3.63) is 0 Å². The number of ether oxygens (including phenoxy) is 1. The Balaban J connectivity index is 2.49. The van der Waals surface area contributed by atoms with Crippen LogP contribution in [0.2, 0.25) is 0 Å². The first-order valence-corrected chi connectivity index (χ1v) is 3.34. The number of hydrogen-bond acceptors (Lipinski definition) is 2. The van der Waals surface area contributed by atoms with E-state index in [1.807, 2.05) is 0 Å². The van der Waals surface area contributed by atoms with Crippen LogP contribution < -0.4 is 0 Å². The van der Waals surface area contributed by atoms with Crippen molar-refractivity contribution in [1.82, 2.24) is 0 Å². The van der Waals surface area contributed by atoms with Gasteiger partial charge in [-0.05, 0) is 19.3 Å². The predicted molar refractivity (Wildman–Crippen MR) is 34.2 cm³/mol. The third-order valence-corrected chi connectivity index (χ3v) is 1.79. The molecule has 0 aromatic rings. The molecule has 1 fully saturated rings. The van der Waals surface area contributed by atoms with Gasteiger partial charge in [0.05, 0.1) is 0 Å². The SMILES string of the molecule is CC(=O)C1OCCC1C. The second-order valence-electron chi connectivity index (χ2n) is 2.67. The molecule has 0 saturated carbocycles. The maximum atomic E-state index is 10.7. The molecule has 0 spiro atoms. The van der Waals surface area contributed by atoms with Gasteiger partial charge in [-0.3, -0.25) is 4.79 Å². The van der Waals surface area contributed by atoms with Crippen LogP contribution in [0.15, 0.2) is 0 Å². The second-order valence-corrected chi connectivity index (χ2v) is 2.67. The van der Waals surface area contributed by atoms with E-state index in [0.29, 0.717) is 5.92 Å². The highest BCUT2D eigenvalue weighted by molar-refractivity contribution is 5.80. The summed E-state index contributed by atoms with van der Waals surface area (Å²) in [7, 11) is 0. The zero-order valence-corrected chi connectivity index (χ0v) is 5.89. The third kappa shape index (κ3) is 1.30. The average Bonchev–Trinajstić information content (AvgIpc) is 2.13. The van der Waals surface area contributed by atoms with E-state index < -0.39 is 0 Å². The fourth-order valence-electron chi connectivity index (χ4n) is 1.21. The van der Waals surface area contributed by atoms with E-state index in [1.54, 1.807) is 6.92 Å². The van der Waals surface area contributed by atoms with Gasteiger partial charge in [-0.2, -0.15) is 0 Å². The summed E-state index contributed by atoms with van der Waals surface area (Å²) in [6.07, 6.45) is 0.926. The standard InChI is InChI=1S/C7H12O2/c1-5-3-4-9-7(5)6(2)8/h5,7H,3-4H2,1-2H3. The summed E-state index contributed by atoms with van der Waals surface area (Å²) in [6, 6.07) is 0. The van der Waals surface area contributed by atoms with Gasteiger partial charge in [-0.1, -0.05) is 6.92 Å². The highest BCUT2D eigenvalue weighted by atomic mass is 16.5. The largest absolute Gasteiger partial charge is 0.370 e. The summed E-state index contributed by atoms with van der Waals surface area (Å²) in [6.45, 7) is 4.40. The normalized spacial score (nSPS) is 34.9. The van der Waals surface area contributed by atoms with Crippen molar-refractivity contribution in [2.45, 2.75) is 26.4 Å². The van der Waals surface area contributed by atoms with Gasteiger partial charge in [0.15, 0.2) is 5.78 Å². The first-order chi connectivity index (χ1) is 4.22. The van der Waals surface area contributed by atoms with Gasteiger partial charge in [0.1, 0.15) is 6.10 Å². The number of carbonyl (C=O) groups is 1. The molecule has 1 aliphatic rings. The minimum absolute atomic E-state index is 0.106. The van der Waals surface area contributed by atoms with Crippen LogP contribution in [-0.2, 0) is 9.53 Å². The van der Waals surface area contributed by atoms with Gasteiger partial charge in [0, 0.05) is 6.61 Å². The molecule has 1 heterocycles. The van der Waals surface area contributed by atoms with E-state index in [4.69, 9.17) is 4.74 Å². The quantitative estimate of drug-likeness (QED) is 0.526. The summed E-state index contributed by atoms with van der Waals surface area (Å²) in [5.74, 6) is 0.600. The first-order valence-electron chi connectivity index (χ1n) is 3.34. The lowest BCUT2D eigenvalue weighted by atomic mass is 10.0. The van der Waals surface area contributed by atoms with Crippen molar-refractivity contribution in [2.24, 2.45) is 5.92 Å². The van der Waals surface area contributed by atoms with Crippen molar-refractivity contribution < 1.29 is 9.53 Å². The number of rotatable bonds is 1. The maximum Gasteiger partial charge on any atom is 0.158 e. The van der Waals surface area contributed by atoms with Crippen LogP contribution in [0.1, 0.15) is 20.3 Å². The molecule has 2 atom stereocenters. The van der Waals surface area contributed by atoms with Gasteiger partial charge in [0.2, 0.25) is 0 Å². The summed E-state index contributed by atoms with van der Waals surface area (Å²) in [4.78, 5) is 10.7. The summed E-state index contributed by atoms with van der Waals surface area (Å²) >= 11 is 0. The van der Waals surface area contributed by atoms with Crippen LogP contribution in [0, 0.1) is 5.92 Å². The van der Waals surface area contributed by atoms with Crippen LogP contribution >= 0.6 is 0 Å². The molecule has 2 unspecified atom stereocenters. The molecule has 9 heavy (non-hydrogen) atoms. The minimum Gasteiger partial charge on any atom is -0.370 e. The van der Waals surface area contributed by atoms with Crippen LogP contribution in [0.3, 0.4) is 0 Å². The molecule has 0 aliphatic carbocycles. The summed E-state index contributed by atoms with van der Waals surface area (Å²) in [5, 5.41) is 0. The fourth-order valence-corrected chi connectivity index (χ4v) is 1.21. The van der Waals surface area contributed by atoms with Gasteiger partial charge < -0.3 is 4.74 Å². The lowest BCUT2D eigenvalue weighted by molar-refractivity contribution is -0.126. The number of hydrogen-bond donors (Lipinski definition) is 0. The molecule has 1 rings (SSSR count). The Bertz CT molecular complexity index is 120. The highest BCUT2D eigenvalue weighted by Gasteiger charge is 2.27. The monoisotopic (exact) mass is 128 g/mol. The molecule has 0 aromatic heterocycles. The van der Waals surface area contributed by atoms with Gasteiger partial charge >= 0.3 is 0 Å². The average molecular weight is 128 g/mol. The van der Waals surface area contributed by atoms with Gasteiger partial charge in [-0.15, -0.1) is 0 Å². The minimum atomic E-state index is -0.106. The number of Topliss-reactive ketones (excluding diaryl/α,β-unsaturated/α-hetero) is 1. The molecule has 0 radical (unpaired) electrons. The Morgan fingerprint density at radius 1 is 1.67 bits per heavy atom. The smallest absolute Gasteiger partial charge is 0.158 e. The Labute approximate surface area is 55.2 Å².